The fraction of sp³-hybridized carbons (Fsp3) is 1.00. The number of hydrogen-bond acceptors (Lipinski definition) is 1. The van der Waals surface area contributed by atoms with E-state index in [4.69, 9.17) is 5.73 Å². The Kier molecular flexibility index (Phi) is 0.424. The SMILES string of the molecule is N[C@@H]1CC1F. The first-order chi connectivity index (χ1) is 2.30. The smallest absolute Gasteiger partial charge is 0.117 e. The van der Waals surface area contributed by atoms with Gasteiger partial charge in [-0.3, -0.25) is 0 Å². The molecule has 0 amide bonds. The quantitative estimate of drug-likeness (QED) is 0.432. The van der Waals surface area contributed by atoms with Crippen molar-refractivity contribution < 1.29 is 4.39 Å². The number of nitrogens with two attached hydrogens (primary N) is 1. The Morgan fingerprint density at radius 2 is 2.00 bits per heavy atom. The minimum atomic E-state index is -0.671. The monoisotopic (exact) mass is 75.0 g/mol. The molecule has 2 N–H and O–H groups in total. The largest absolute Gasteiger partial charge is 0.325 e. The first-order valence-electron chi connectivity index (χ1n) is 1.70. The average Bonchev–Trinajstić information content (AvgIpc) is 1.79. The van der Waals surface area contributed by atoms with Crippen molar-refractivity contribution in [3.05, 3.63) is 0 Å². The highest BCUT2D eigenvalue weighted by Gasteiger charge is 2.32. The number of hydrogen-bond donors (Lipinski definition) is 1. The number of alkyl halides is 1. The Hall–Kier alpha value is -0.110. The van der Waals surface area contributed by atoms with Gasteiger partial charge in [-0.2, -0.15) is 0 Å². The van der Waals surface area contributed by atoms with Crippen LogP contribution in [0.15, 0.2) is 0 Å². The molecule has 0 aromatic heterocycles. The standard InChI is InChI=1S/C3H6FN/c4-2-1-3(2)5/h2-3H,1,5H2/t2?,3-/m1/s1. The van der Waals surface area contributed by atoms with Gasteiger partial charge in [0.1, 0.15) is 6.17 Å². The molecule has 1 fully saturated rings. The molecule has 0 aromatic carbocycles. The van der Waals surface area contributed by atoms with E-state index in [1.807, 2.05) is 0 Å². The van der Waals surface area contributed by atoms with Gasteiger partial charge in [-0.15, -0.1) is 0 Å². The van der Waals surface area contributed by atoms with Crippen LogP contribution in [0.3, 0.4) is 0 Å². The van der Waals surface area contributed by atoms with Crippen molar-refractivity contribution in [3.8, 4) is 0 Å². The van der Waals surface area contributed by atoms with Gasteiger partial charge in [0.25, 0.3) is 0 Å². The van der Waals surface area contributed by atoms with Gasteiger partial charge in [0, 0.05) is 6.04 Å². The molecule has 2 heteroatoms. The molecule has 0 radical (unpaired) electrons. The zero-order valence-electron chi connectivity index (χ0n) is 2.82. The van der Waals surface area contributed by atoms with Gasteiger partial charge in [-0.05, 0) is 6.42 Å². The van der Waals surface area contributed by atoms with Gasteiger partial charge >= 0.3 is 0 Å². The summed E-state index contributed by atoms with van der Waals surface area (Å²) in [6.45, 7) is 0. The molecule has 1 aliphatic rings. The second kappa shape index (κ2) is 0.684. The Bertz CT molecular complexity index is 40.2. The zero-order valence-corrected chi connectivity index (χ0v) is 2.82. The third kappa shape index (κ3) is 0.401. The normalized spacial score (nSPS) is 49.2. The first-order valence-corrected chi connectivity index (χ1v) is 1.70. The molecular weight excluding hydrogens is 69.0 g/mol. The van der Waals surface area contributed by atoms with Crippen LogP contribution in [-0.2, 0) is 0 Å². The molecule has 30 valence electrons. The third-order valence-corrected chi connectivity index (χ3v) is 0.759. The van der Waals surface area contributed by atoms with E-state index in [0.717, 1.165) is 0 Å². The maximum atomic E-state index is 11.4. The Labute approximate surface area is 30.0 Å². The van der Waals surface area contributed by atoms with Crippen LogP contribution in [0.5, 0.6) is 0 Å². The summed E-state index contributed by atoms with van der Waals surface area (Å²) < 4.78 is 11.4. The Balaban J connectivity index is 2.20. The predicted octanol–water partition coefficient (Wildman–Crippen LogP) is 0.0555. The van der Waals surface area contributed by atoms with Gasteiger partial charge in [0.15, 0.2) is 0 Å². The molecule has 0 aliphatic heterocycles. The summed E-state index contributed by atoms with van der Waals surface area (Å²) in [4.78, 5) is 0. The lowest BCUT2D eigenvalue weighted by Crippen LogP contribution is -2.00. The maximum absolute atomic E-state index is 11.4. The molecule has 1 saturated carbocycles. The summed E-state index contributed by atoms with van der Waals surface area (Å²) in [5, 5.41) is 0. The van der Waals surface area contributed by atoms with Gasteiger partial charge in [0.05, 0.1) is 0 Å². The molecular formula is C3H6FN. The molecule has 1 unspecified atom stereocenters. The van der Waals surface area contributed by atoms with E-state index in [1.54, 1.807) is 0 Å². The number of halogens is 1. The van der Waals surface area contributed by atoms with Crippen LogP contribution in [0.1, 0.15) is 6.42 Å². The van der Waals surface area contributed by atoms with Crippen molar-refractivity contribution in [3.63, 3.8) is 0 Å². The lowest BCUT2D eigenvalue weighted by Gasteiger charge is -1.66. The molecule has 0 spiro atoms. The molecule has 0 bridgehead atoms. The van der Waals surface area contributed by atoms with E-state index in [2.05, 4.69) is 0 Å². The molecule has 0 heterocycles. The summed E-state index contributed by atoms with van der Waals surface area (Å²) in [6, 6.07) is -0.116. The van der Waals surface area contributed by atoms with Crippen LogP contribution in [0.25, 0.3) is 0 Å². The Morgan fingerprint density at radius 3 is 2.00 bits per heavy atom. The molecule has 1 nitrogen and oxygen atoms in total. The fourth-order valence-corrected chi connectivity index (χ4v) is 0.181. The van der Waals surface area contributed by atoms with Crippen molar-refractivity contribution in [2.75, 3.05) is 0 Å². The summed E-state index contributed by atoms with van der Waals surface area (Å²) >= 11 is 0. The fourth-order valence-electron chi connectivity index (χ4n) is 0.181. The topological polar surface area (TPSA) is 26.0 Å². The van der Waals surface area contributed by atoms with Crippen molar-refractivity contribution in [1.29, 1.82) is 0 Å². The van der Waals surface area contributed by atoms with E-state index in [1.165, 1.54) is 0 Å². The minimum absolute atomic E-state index is 0.116. The van der Waals surface area contributed by atoms with Crippen LogP contribution in [0.2, 0.25) is 0 Å². The van der Waals surface area contributed by atoms with Crippen LogP contribution in [-0.4, -0.2) is 12.2 Å². The van der Waals surface area contributed by atoms with E-state index in [-0.39, 0.29) is 6.04 Å². The predicted molar refractivity (Wildman–Crippen MR) is 17.5 cm³/mol. The van der Waals surface area contributed by atoms with E-state index >= 15 is 0 Å². The van der Waals surface area contributed by atoms with E-state index < -0.39 is 6.17 Å². The lowest BCUT2D eigenvalue weighted by atomic mass is 10.8. The lowest BCUT2D eigenvalue weighted by molar-refractivity contribution is 0.467. The second-order valence-corrected chi connectivity index (χ2v) is 1.42. The molecule has 5 heavy (non-hydrogen) atoms. The van der Waals surface area contributed by atoms with Crippen LogP contribution >= 0.6 is 0 Å². The summed E-state index contributed by atoms with van der Waals surface area (Å²) in [5.74, 6) is 0. The highest BCUT2D eigenvalue weighted by molar-refractivity contribution is 4.89. The van der Waals surface area contributed by atoms with Gasteiger partial charge in [0.2, 0.25) is 0 Å². The second-order valence-electron chi connectivity index (χ2n) is 1.42. The summed E-state index contributed by atoms with van der Waals surface area (Å²) in [7, 11) is 0. The molecule has 2 atom stereocenters. The number of rotatable bonds is 0. The molecule has 1 rings (SSSR count). The Morgan fingerprint density at radius 1 is 1.80 bits per heavy atom. The highest BCUT2D eigenvalue weighted by Crippen LogP contribution is 2.21. The van der Waals surface area contributed by atoms with Gasteiger partial charge in [-0.1, -0.05) is 0 Å². The molecule has 0 aromatic rings. The summed E-state index contributed by atoms with van der Waals surface area (Å²) in [5.41, 5.74) is 4.99. The maximum Gasteiger partial charge on any atom is 0.117 e. The van der Waals surface area contributed by atoms with Gasteiger partial charge < -0.3 is 5.73 Å². The average molecular weight is 75.1 g/mol. The van der Waals surface area contributed by atoms with Crippen molar-refractivity contribution in [2.45, 2.75) is 18.6 Å². The van der Waals surface area contributed by atoms with E-state index in [0.29, 0.717) is 6.42 Å². The van der Waals surface area contributed by atoms with Crippen molar-refractivity contribution >= 4 is 0 Å². The van der Waals surface area contributed by atoms with Gasteiger partial charge in [-0.25, -0.2) is 4.39 Å². The van der Waals surface area contributed by atoms with Crippen LogP contribution in [0, 0.1) is 0 Å². The highest BCUT2D eigenvalue weighted by atomic mass is 19.1. The van der Waals surface area contributed by atoms with Crippen molar-refractivity contribution in [1.82, 2.24) is 0 Å². The molecule has 0 saturated heterocycles. The van der Waals surface area contributed by atoms with Crippen LogP contribution < -0.4 is 5.73 Å². The van der Waals surface area contributed by atoms with E-state index in [9.17, 15) is 4.39 Å². The van der Waals surface area contributed by atoms with Crippen molar-refractivity contribution in [2.24, 2.45) is 5.73 Å². The van der Waals surface area contributed by atoms with Crippen LogP contribution in [0.4, 0.5) is 4.39 Å². The first kappa shape index (κ1) is 3.09. The minimum Gasteiger partial charge on any atom is -0.325 e. The zero-order chi connectivity index (χ0) is 3.86. The summed E-state index contributed by atoms with van der Waals surface area (Å²) in [6.07, 6.45) is -0.0880. The molecule has 1 aliphatic carbocycles. The third-order valence-electron chi connectivity index (χ3n) is 0.759.